The lowest BCUT2D eigenvalue weighted by Crippen LogP contribution is -2.14. The summed E-state index contributed by atoms with van der Waals surface area (Å²) >= 11 is 0. The minimum Gasteiger partial charge on any atom is -0.308 e. The normalized spacial score (nSPS) is 10.8. The zero-order valence-corrected chi connectivity index (χ0v) is 11.3. The predicted octanol–water partition coefficient (Wildman–Crippen LogP) is 1.98. The van der Waals surface area contributed by atoms with Gasteiger partial charge in [-0.1, -0.05) is 6.92 Å². The van der Waals surface area contributed by atoms with Crippen molar-refractivity contribution in [1.29, 1.82) is 0 Å². The van der Waals surface area contributed by atoms with Crippen LogP contribution in [0.25, 0.3) is 0 Å². The van der Waals surface area contributed by atoms with Crippen molar-refractivity contribution in [2.75, 3.05) is 0 Å². The van der Waals surface area contributed by atoms with E-state index in [4.69, 9.17) is 0 Å². The fourth-order valence-corrected chi connectivity index (χ4v) is 2.04. The maximum atomic E-state index is 4.44. The molecule has 0 radical (unpaired) electrons. The molecule has 0 saturated carbocycles. The van der Waals surface area contributed by atoms with Crippen molar-refractivity contribution < 1.29 is 0 Å². The molecule has 0 amide bonds. The summed E-state index contributed by atoms with van der Waals surface area (Å²) in [7, 11) is 1.97. The van der Waals surface area contributed by atoms with Gasteiger partial charge in [0.2, 0.25) is 0 Å². The maximum absolute atomic E-state index is 4.44. The van der Waals surface area contributed by atoms with Crippen molar-refractivity contribution in [2.45, 2.75) is 33.4 Å². The predicted molar refractivity (Wildman–Crippen MR) is 72.1 cm³/mol. The molecule has 4 heteroatoms. The van der Waals surface area contributed by atoms with E-state index in [1.165, 1.54) is 22.4 Å². The van der Waals surface area contributed by atoms with Gasteiger partial charge in [0.25, 0.3) is 0 Å². The molecule has 0 aromatic carbocycles. The van der Waals surface area contributed by atoms with Crippen molar-refractivity contribution in [3.8, 4) is 0 Å². The fourth-order valence-electron chi connectivity index (χ4n) is 2.04. The monoisotopic (exact) mass is 244 g/mol. The number of pyridine rings is 1. The first-order valence-corrected chi connectivity index (χ1v) is 6.32. The summed E-state index contributed by atoms with van der Waals surface area (Å²) in [5.41, 5.74) is 4.98. The van der Waals surface area contributed by atoms with E-state index in [0.717, 1.165) is 19.5 Å². The molecule has 18 heavy (non-hydrogen) atoms. The molecular formula is C14H20N4. The summed E-state index contributed by atoms with van der Waals surface area (Å²) in [6.07, 6.45) is 6.81. The second-order valence-corrected chi connectivity index (χ2v) is 4.53. The van der Waals surface area contributed by atoms with E-state index in [1.54, 1.807) is 0 Å². The van der Waals surface area contributed by atoms with Crippen LogP contribution in [0, 0.1) is 6.92 Å². The Morgan fingerprint density at radius 1 is 1.28 bits per heavy atom. The number of nitrogens with zero attached hydrogens (tertiary/aromatic N) is 3. The number of nitrogens with one attached hydrogen (secondary N) is 1. The molecule has 4 nitrogen and oxygen atoms in total. The number of rotatable bonds is 5. The van der Waals surface area contributed by atoms with Gasteiger partial charge >= 0.3 is 0 Å². The van der Waals surface area contributed by atoms with Gasteiger partial charge in [0.1, 0.15) is 0 Å². The number of aryl methyl sites for hydroxylation is 3. The van der Waals surface area contributed by atoms with E-state index in [9.17, 15) is 0 Å². The lowest BCUT2D eigenvalue weighted by Gasteiger charge is -2.06. The van der Waals surface area contributed by atoms with Crippen molar-refractivity contribution in [2.24, 2.45) is 7.05 Å². The van der Waals surface area contributed by atoms with Gasteiger partial charge in [0, 0.05) is 44.3 Å². The topological polar surface area (TPSA) is 42.7 Å². The molecule has 0 fully saturated rings. The van der Waals surface area contributed by atoms with Crippen LogP contribution in [0.5, 0.6) is 0 Å². The molecule has 2 rings (SSSR count). The number of hydrogen-bond donors (Lipinski definition) is 1. The van der Waals surface area contributed by atoms with Crippen LogP contribution in [0.3, 0.4) is 0 Å². The van der Waals surface area contributed by atoms with E-state index in [2.05, 4.69) is 35.4 Å². The van der Waals surface area contributed by atoms with Crippen LogP contribution in [-0.2, 0) is 26.6 Å². The van der Waals surface area contributed by atoms with Crippen LogP contribution < -0.4 is 5.32 Å². The summed E-state index contributed by atoms with van der Waals surface area (Å²) in [5.74, 6) is 0. The van der Waals surface area contributed by atoms with Crippen molar-refractivity contribution in [1.82, 2.24) is 20.1 Å². The van der Waals surface area contributed by atoms with E-state index in [0.29, 0.717) is 0 Å². The van der Waals surface area contributed by atoms with Gasteiger partial charge in [-0.15, -0.1) is 0 Å². The van der Waals surface area contributed by atoms with E-state index >= 15 is 0 Å². The fraction of sp³-hybridized carbons (Fsp3) is 0.429. The average molecular weight is 244 g/mol. The number of hydrogen-bond acceptors (Lipinski definition) is 3. The summed E-state index contributed by atoms with van der Waals surface area (Å²) in [4.78, 5) is 4.15. The molecule has 0 unspecified atom stereocenters. The highest BCUT2D eigenvalue weighted by molar-refractivity contribution is 5.22. The van der Waals surface area contributed by atoms with Crippen LogP contribution in [-0.4, -0.2) is 14.8 Å². The van der Waals surface area contributed by atoms with Crippen molar-refractivity contribution in [3.63, 3.8) is 0 Å². The molecule has 0 atom stereocenters. The number of aromatic nitrogens is 3. The van der Waals surface area contributed by atoms with Gasteiger partial charge < -0.3 is 5.32 Å². The Balaban J connectivity index is 1.94. The van der Waals surface area contributed by atoms with Gasteiger partial charge in [-0.3, -0.25) is 9.67 Å². The Labute approximate surface area is 108 Å². The molecular weight excluding hydrogens is 224 g/mol. The lowest BCUT2D eigenvalue weighted by molar-refractivity contribution is 0.683. The Bertz CT molecular complexity index is 516. The summed E-state index contributed by atoms with van der Waals surface area (Å²) in [5, 5.41) is 7.89. The van der Waals surface area contributed by atoms with Crippen molar-refractivity contribution in [3.05, 3.63) is 47.0 Å². The minimum atomic E-state index is 0.845. The first kappa shape index (κ1) is 12.8. The molecule has 0 spiro atoms. The van der Waals surface area contributed by atoms with Gasteiger partial charge in [-0.05, 0) is 30.5 Å². The van der Waals surface area contributed by atoms with Crippen LogP contribution in [0.15, 0.2) is 24.7 Å². The molecule has 0 aliphatic rings. The van der Waals surface area contributed by atoms with E-state index in [-0.39, 0.29) is 0 Å². The van der Waals surface area contributed by atoms with Gasteiger partial charge in [0.15, 0.2) is 0 Å². The molecule has 0 aliphatic carbocycles. The lowest BCUT2D eigenvalue weighted by atomic mass is 10.1. The van der Waals surface area contributed by atoms with E-state index < -0.39 is 0 Å². The van der Waals surface area contributed by atoms with E-state index in [1.807, 2.05) is 30.2 Å². The largest absolute Gasteiger partial charge is 0.308 e. The zero-order valence-electron chi connectivity index (χ0n) is 11.3. The summed E-state index contributed by atoms with van der Waals surface area (Å²) in [6.45, 7) is 5.94. The first-order valence-electron chi connectivity index (χ1n) is 6.32. The second-order valence-electron chi connectivity index (χ2n) is 4.53. The third-order valence-corrected chi connectivity index (χ3v) is 3.11. The van der Waals surface area contributed by atoms with Crippen LogP contribution in [0.4, 0.5) is 0 Å². The molecule has 2 heterocycles. The third-order valence-electron chi connectivity index (χ3n) is 3.11. The highest BCUT2D eigenvalue weighted by Gasteiger charge is 2.05. The summed E-state index contributed by atoms with van der Waals surface area (Å²) < 4.78 is 1.88. The van der Waals surface area contributed by atoms with Gasteiger partial charge in [-0.2, -0.15) is 5.10 Å². The average Bonchev–Trinajstić information content (AvgIpc) is 2.72. The standard InChI is InChI=1S/C14H20N4/c1-4-14-13(10-18(3)17-14)9-16-8-12-7-15-6-5-11(12)2/h5-7,10,16H,4,8-9H2,1-3H3. The Morgan fingerprint density at radius 3 is 2.78 bits per heavy atom. The van der Waals surface area contributed by atoms with Gasteiger partial charge in [0.05, 0.1) is 5.69 Å². The highest BCUT2D eigenvalue weighted by atomic mass is 15.3. The molecule has 0 saturated heterocycles. The Hall–Kier alpha value is -1.68. The SMILES string of the molecule is CCc1nn(C)cc1CNCc1cnccc1C. The Kier molecular flexibility index (Phi) is 4.10. The summed E-state index contributed by atoms with van der Waals surface area (Å²) in [6, 6.07) is 2.04. The Morgan fingerprint density at radius 2 is 2.06 bits per heavy atom. The molecule has 2 aromatic rings. The van der Waals surface area contributed by atoms with Crippen molar-refractivity contribution >= 4 is 0 Å². The maximum Gasteiger partial charge on any atom is 0.0666 e. The smallest absolute Gasteiger partial charge is 0.0666 e. The molecule has 1 N–H and O–H groups in total. The highest BCUT2D eigenvalue weighted by Crippen LogP contribution is 2.08. The molecule has 96 valence electrons. The third kappa shape index (κ3) is 2.96. The quantitative estimate of drug-likeness (QED) is 0.874. The first-order chi connectivity index (χ1) is 8.70. The molecule has 2 aromatic heterocycles. The minimum absolute atomic E-state index is 0.845. The van der Waals surface area contributed by atoms with Crippen LogP contribution in [0.1, 0.15) is 29.3 Å². The molecule has 0 bridgehead atoms. The second kappa shape index (κ2) is 5.78. The van der Waals surface area contributed by atoms with Crippen LogP contribution in [0.2, 0.25) is 0 Å². The van der Waals surface area contributed by atoms with Crippen LogP contribution >= 0.6 is 0 Å². The van der Waals surface area contributed by atoms with Gasteiger partial charge in [-0.25, -0.2) is 0 Å². The molecule has 0 aliphatic heterocycles. The zero-order chi connectivity index (χ0) is 13.0.